The first-order valence-corrected chi connectivity index (χ1v) is 8.41. The highest BCUT2D eigenvalue weighted by molar-refractivity contribution is 5.82. The van der Waals surface area contributed by atoms with Crippen LogP contribution in [-0.2, 0) is 9.59 Å². The van der Waals surface area contributed by atoms with Crippen molar-refractivity contribution in [2.45, 2.75) is 27.2 Å². The number of carbonyl (C=O) groups is 2. The number of benzene rings is 2. The highest BCUT2D eigenvalue weighted by Crippen LogP contribution is 2.18. The molecule has 2 amide bonds. The molecule has 2 aromatic carbocycles. The maximum Gasteiger partial charge on any atom is 0.276 e. The summed E-state index contributed by atoms with van der Waals surface area (Å²) < 4.78 is 10.9. The van der Waals surface area contributed by atoms with E-state index in [1.807, 2.05) is 63.2 Å². The van der Waals surface area contributed by atoms with E-state index in [9.17, 15) is 9.59 Å². The molecule has 6 nitrogen and oxygen atoms in total. The zero-order valence-corrected chi connectivity index (χ0v) is 15.3. The third-order valence-electron chi connectivity index (χ3n) is 3.66. The Kier molecular flexibility index (Phi) is 7.02. The molecule has 2 aromatic rings. The largest absolute Gasteiger partial charge is 0.493 e. The predicted octanol–water partition coefficient (Wildman–Crippen LogP) is 2.61. The molecule has 2 rings (SSSR count). The Bertz CT molecular complexity index is 757. The molecular formula is C20H24N2O4. The van der Waals surface area contributed by atoms with Crippen LogP contribution in [0.1, 0.15) is 23.1 Å². The number of carbonyl (C=O) groups excluding carboxylic acids is 2. The van der Waals surface area contributed by atoms with E-state index in [2.05, 4.69) is 10.9 Å². The van der Waals surface area contributed by atoms with Crippen molar-refractivity contribution in [2.75, 3.05) is 13.2 Å². The minimum Gasteiger partial charge on any atom is -0.493 e. The standard InChI is InChI=1S/C20H24N2O4/c1-14-5-8-17(9-6-14)25-11-10-19(23)21-22-20(24)13-26-18-12-15(2)4-7-16(18)3/h4-9,12H,10-11,13H2,1-3H3,(H,21,23)(H,22,24). The quantitative estimate of drug-likeness (QED) is 0.748. The lowest BCUT2D eigenvalue weighted by Crippen LogP contribution is -2.44. The molecule has 2 N–H and O–H groups in total. The summed E-state index contributed by atoms with van der Waals surface area (Å²) in [5.41, 5.74) is 7.80. The van der Waals surface area contributed by atoms with Gasteiger partial charge in [0, 0.05) is 0 Å². The summed E-state index contributed by atoms with van der Waals surface area (Å²) in [7, 11) is 0. The van der Waals surface area contributed by atoms with Crippen molar-refractivity contribution in [3.63, 3.8) is 0 Å². The molecule has 0 heterocycles. The molecule has 0 aliphatic carbocycles. The van der Waals surface area contributed by atoms with Gasteiger partial charge in [0.05, 0.1) is 13.0 Å². The van der Waals surface area contributed by atoms with E-state index in [0.29, 0.717) is 11.5 Å². The van der Waals surface area contributed by atoms with Crippen LogP contribution in [0, 0.1) is 20.8 Å². The Morgan fingerprint density at radius 2 is 1.50 bits per heavy atom. The van der Waals surface area contributed by atoms with Crippen molar-refractivity contribution in [1.29, 1.82) is 0 Å². The van der Waals surface area contributed by atoms with E-state index < -0.39 is 5.91 Å². The smallest absolute Gasteiger partial charge is 0.276 e. The second kappa shape index (κ2) is 9.46. The lowest BCUT2D eigenvalue weighted by atomic mass is 10.1. The summed E-state index contributed by atoms with van der Waals surface area (Å²) in [5.74, 6) is 0.586. The first-order chi connectivity index (χ1) is 12.4. The minimum atomic E-state index is -0.432. The summed E-state index contributed by atoms with van der Waals surface area (Å²) in [6.07, 6.45) is 0.131. The second-order valence-electron chi connectivity index (χ2n) is 6.07. The molecule has 138 valence electrons. The predicted molar refractivity (Wildman–Crippen MR) is 99.0 cm³/mol. The van der Waals surface area contributed by atoms with Crippen molar-refractivity contribution >= 4 is 11.8 Å². The van der Waals surface area contributed by atoms with Gasteiger partial charge in [0.1, 0.15) is 11.5 Å². The molecule has 0 saturated carbocycles. The molecule has 0 unspecified atom stereocenters. The molecule has 0 aliphatic rings. The van der Waals surface area contributed by atoms with Crippen LogP contribution in [0.25, 0.3) is 0 Å². The topological polar surface area (TPSA) is 76.7 Å². The molecule has 0 aliphatic heterocycles. The van der Waals surface area contributed by atoms with Crippen molar-refractivity contribution < 1.29 is 19.1 Å². The van der Waals surface area contributed by atoms with Gasteiger partial charge in [0.2, 0.25) is 5.91 Å². The number of hydrazine groups is 1. The van der Waals surface area contributed by atoms with Crippen LogP contribution < -0.4 is 20.3 Å². The van der Waals surface area contributed by atoms with Gasteiger partial charge in [-0.25, -0.2) is 0 Å². The van der Waals surface area contributed by atoms with E-state index in [1.54, 1.807) is 0 Å². The molecule has 0 radical (unpaired) electrons. The van der Waals surface area contributed by atoms with Crippen molar-refractivity contribution in [3.8, 4) is 11.5 Å². The average molecular weight is 356 g/mol. The SMILES string of the molecule is Cc1ccc(OCCC(=O)NNC(=O)COc2cc(C)ccc2C)cc1. The van der Waals surface area contributed by atoms with Crippen LogP contribution in [0.3, 0.4) is 0 Å². The number of rotatable bonds is 7. The Morgan fingerprint density at radius 3 is 2.23 bits per heavy atom. The molecular weight excluding hydrogens is 332 g/mol. The van der Waals surface area contributed by atoms with Gasteiger partial charge in [0.25, 0.3) is 5.91 Å². The summed E-state index contributed by atoms with van der Waals surface area (Å²) in [6, 6.07) is 13.3. The van der Waals surface area contributed by atoms with Gasteiger partial charge in [-0.15, -0.1) is 0 Å². The van der Waals surface area contributed by atoms with Crippen molar-refractivity contribution in [3.05, 3.63) is 59.2 Å². The molecule has 26 heavy (non-hydrogen) atoms. The first kappa shape index (κ1) is 19.3. The number of hydrogen-bond donors (Lipinski definition) is 2. The summed E-state index contributed by atoms with van der Waals surface area (Å²) in [5, 5.41) is 0. The molecule has 0 fully saturated rings. The summed E-state index contributed by atoms with van der Waals surface area (Å²) in [4.78, 5) is 23.5. The summed E-state index contributed by atoms with van der Waals surface area (Å²) >= 11 is 0. The molecule has 0 aromatic heterocycles. The zero-order chi connectivity index (χ0) is 18.9. The third-order valence-corrected chi connectivity index (χ3v) is 3.66. The van der Waals surface area contributed by atoms with Crippen LogP contribution in [0.2, 0.25) is 0 Å². The van der Waals surface area contributed by atoms with Crippen molar-refractivity contribution in [1.82, 2.24) is 10.9 Å². The van der Waals surface area contributed by atoms with Gasteiger partial charge in [-0.05, 0) is 50.1 Å². The van der Waals surface area contributed by atoms with E-state index in [0.717, 1.165) is 16.7 Å². The number of hydrogen-bond acceptors (Lipinski definition) is 4. The normalized spacial score (nSPS) is 10.1. The summed E-state index contributed by atoms with van der Waals surface area (Å²) in [6.45, 7) is 5.89. The Morgan fingerprint density at radius 1 is 0.846 bits per heavy atom. The first-order valence-electron chi connectivity index (χ1n) is 8.41. The molecule has 0 saturated heterocycles. The Hall–Kier alpha value is -3.02. The highest BCUT2D eigenvalue weighted by atomic mass is 16.5. The van der Waals surface area contributed by atoms with Gasteiger partial charge in [0.15, 0.2) is 6.61 Å². The van der Waals surface area contributed by atoms with Crippen LogP contribution in [0.5, 0.6) is 11.5 Å². The van der Waals surface area contributed by atoms with E-state index in [1.165, 1.54) is 0 Å². The molecule has 0 atom stereocenters. The van der Waals surface area contributed by atoms with Crippen molar-refractivity contribution in [2.24, 2.45) is 0 Å². The zero-order valence-electron chi connectivity index (χ0n) is 15.3. The number of ether oxygens (including phenoxy) is 2. The lowest BCUT2D eigenvalue weighted by Gasteiger charge is -2.11. The van der Waals surface area contributed by atoms with Crippen LogP contribution >= 0.6 is 0 Å². The third kappa shape index (κ3) is 6.47. The van der Waals surface area contributed by atoms with Gasteiger partial charge < -0.3 is 9.47 Å². The fourth-order valence-corrected chi connectivity index (χ4v) is 2.14. The van der Waals surface area contributed by atoms with Gasteiger partial charge >= 0.3 is 0 Å². The van der Waals surface area contributed by atoms with E-state index in [-0.39, 0.29) is 25.5 Å². The number of amides is 2. The van der Waals surface area contributed by atoms with Crippen LogP contribution in [-0.4, -0.2) is 25.0 Å². The van der Waals surface area contributed by atoms with Crippen LogP contribution in [0.15, 0.2) is 42.5 Å². The second-order valence-corrected chi connectivity index (χ2v) is 6.07. The van der Waals surface area contributed by atoms with Gasteiger partial charge in [-0.1, -0.05) is 29.8 Å². The van der Waals surface area contributed by atoms with E-state index >= 15 is 0 Å². The molecule has 6 heteroatoms. The lowest BCUT2D eigenvalue weighted by molar-refractivity contribution is -0.130. The number of nitrogens with one attached hydrogen (secondary N) is 2. The maximum atomic E-state index is 11.8. The Labute approximate surface area is 153 Å². The van der Waals surface area contributed by atoms with Gasteiger partial charge in [-0.3, -0.25) is 20.4 Å². The van der Waals surface area contributed by atoms with E-state index in [4.69, 9.17) is 9.47 Å². The average Bonchev–Trinajstić information content (AvgIpc) is 2.62. The fourth-order valence-electron chi connectivity index (χ4n) is 2.14. The fraction of sp³-hybridized carbons (Fsp3) is 0.300. The Balaban J connectivity index is 1.64. The van der Waals surface area contributed by atoms with Gasteiger partial charge in [-0.2, -0.15) is 0 Å². The number of aryl methyl sites for hydroxylation is 3. The highest BCUT2D eigenvalue weighted by Gasteiger charge is 2.07. The molecule has 0 bridgehead atoms. The minimum absolute atomic E-state index is 0.131. The maximum absolute atomic E-state index is 11.8. The van der Waals surface area contributed by atoms with Crippen LogP contribution in [0.4, 0.5) is 0 Å². The molecule has 0 spiro atoms. The monoisotopic (exact) mass is 356 g/mol.